The number of halogens is 1. The average Bonchev–Trinajstić information content (AvgIpc) is 2.99. The van der Waals surface area contributed by atoms with Crippen molar-refractivity contribution >= 4 is 0 Å². The van der Waals surface area contributed by atoms with Gasteiger partial charge in [-0.2, -0.15) is 5.16 Å². The van der Waals surface area contributed by atoms with Gasteiger partial charge in [0, 0.05) is 12.4 Å². The molecule has 0 atom stereocenters. The molecule has 1 N–H and O–H groups in total. The third kappa shape index (κ3) is 3.17. The molecule has 0 aliphatic heterocycles. The monoisotopic (exact) mass is 341 g/mol. The summed E-state index contributed by atoms with van der Waals surface area (Å²) >= 11 is 0. The number of hydrogen-bond acceptors (Lipinski definition) is 5. The molecular formula is C18H16FN3O3. The molecule has 1 aromatic carbocycles. The lowest BCUT2D eigenvalue weighted by atomic mass is 9.77. The topological polar surface area (TPSA) is 81.0 Å². The molecule has 3 aromatic rings. The van der Waals surface area contributed by atoms with Crippen molar-refractivity contribution in [1.29, 1.82) is 0 Å². The minimum absolute atomic E-state index is 0.0262. The van der Waals surface area contributed by atoms with Crippen molar-refractivity contribution in [2.75, 3.05) is 0 Å². The molecule has 7 heteroatoms. The molecule has 1 aliphatic carbocycles. The van der Waals surface area contributed by atoms with Crippen LogP contribution in [0.15, 0.2) is 46.0 Å². The predicted octanol–water partition coefficient (Wildman–Crippen LogP) is 3.20. The first kappa shape index (κ1) is 15.6. The van der Waals surface area contributed by atoms with Gasteiger partial charge in [-0.15, -0.1) is 0 Å². The van der Waals surface area contributed by atoms with E-state index in [9.17, 15) is 9.18 Å². The van der Waals surface area contributed by atoms with E-state index in [1.165, 1.54) is 18.5 Å². The Bertz CT molecular complexity index is 943. The second kappa shape index (κ2) is 6.16. The molecule has 2 heterocycles. The molecule has 0 unspecified atom stereocenters. The third-order valence-corrected chi connectivity index (χ3v) is 4.40. The van der Waals surface area contributed by atoms with E-state index in [2.05, 4.69) is 15.1 Å². The van der Waals surface area contributed by atoms with Gasteiger partial charge < -0.3 is 9.26 Å². The summed E-state index contributed by atoms with van der Waals surface area (Å²) in [6.07, 6.45) is 4.51. The summed E-state index contributed by atoms with van der Waals surface area (Å²) in [6, 6.07) is 6.92. The van der Waals surface area contributed by atoms with Crippen molar-refractivity contribution in [3.63, 3.8) is 0 Å². The number of hydrogen-bond donors (Lipinski definition) is 1. The van der Waals surface area contributed by atoms with E-state index in [-0.39, 0.29) is 29.4 Å². The van der Waals surface area contributed by atoms with Crippen LogP contribution in [0.3, 0.4) is 0 Å². The Labute approximate surface area is 142 Å². The van der Waals surface area contributed by atoms with Gasteiger partial charge in [0.2, 0.25) is 0 Å². The summed E-state index contributed by atoms with van der Waals surface area (Å²) in [7, 11) is 0. The van der Waals surface area contributed by atoms with Crippen molar-refractivity contribution in [1.82, 2.24) is 15.1 Å². The van der Waals surface area contributed by atoms with Crippen molar-refractivity contribution in [2.24, 2.45) is 0 Å². The summed E-state index contributed by atoms with van der Waals surface area (Å²) in [4.78, 5) is 19.3. The van der Waals surface area contributed by atoms with Crippen LogP contribution in [0.4, 0.5) is 4.39 Å². The molecule has 25 heavy (non-hydrogen) atoms. The van der Waals surface area contributed by atoms with Gasteiger partial charge in [-0.3, -0.25) is 4.79 Å². The van der Waals surface area contributed by atoms with E-state index < -0.39 is 0 Å². The minimum Gasteiger partial charge on any atom is -0.460 e. The minimum atomic E-state index is -0.320. The highest BCUT2D eigenvalue weighted by Gasteiger charge is 2.34. The number of aromatic amines is 1. The molecule has 1 fully saturated rings. The Hall–Kier alpha value is -2.96. The number of aryl methyl sites for hydroxylation is 1. The van der Waals surface area contributed by atoms with E-state index >= 15 is 0 Å². The summed E-state index contributed by atoms with van der Waals surface area (Å²) < 4.78 is 24.7. The van der Waals surface area contributed by atoms with Gasteiger partial charge in [0.25, 0.3) is 5.56 Å². The second-order valence-corrected chi connectivity index (χ2v) is 6.26. The maximum Gasteiger partial charge on any atom is 0.316 e. The number of rotatable bonds is 4. The molecule has 2 aromatic heterocycles. The summed E-state index contributed by atoms with van der Waals surface area (Å²) in [6.45, 7) is 1.87. The lowest BCUT2D eigenvalue weighted by Crippen LogP contribution is -2.33. The molecule has 0 bridgehead atoms. The van der Waals surface area contributed by atoms with E-state index in [0.29, 0.717) is 11.3 Å². The van der Waals surface area contributed by atoms with Crippen LogP contribution in [0.1, 0.15) is 29.9 Å². The summed E-state index contributed by atoms with van der Waals surface area (Å²) in [5.74, 6) is 0.381. The zero-order valence-corrected chi connectivity index (χ0v) is 13.5. The van der Waals surface area contributed by atoms with E-state index in [4.69, 9.17) is 9.26 Å². The molecule has 0 radical (unpaired) electrons. The van der Waals surface area contributed by atoms with Crippen LogP contribution >= 0.6 is 0 Å². The van der Waals surface area contributed by atoms with Gasteiger partial charge in [0.15, 0.2) is 5.76 Å². The maximum atomic E-state index is 14.0. The summed E-state index contributed by atoms with van der Waals surface area (Å²) in [5.41, 5.74) is 1.92. The number of nitrogens with one attached hydrogen (secondary N) is 1. The Morgan fingerprint density at radius 1 is 1.24 bits per heavy atom. The molecule has 128 valence electrons. The highest BCUT2D eigenvalue weighted by molar-refractivity contribution is 5.53. The van der Waals surface area contributed by atoms with Gasteiger partial charge in [0.05, 0.1) is 11.6 Å². The molecule has 1 saturated carbocycles. The van der Waals surface area contributed by atoms with Crippen LogP contribution in [0.25, 0.3) is 11.3 Å². The van der Waals surface area contributed by atoms with Crippen LogP contribution in [-0.4, -0.2) is 21.2 Å². The molecule has 0 amide bonds. The van der Waals surface area contributed by atoms with Gasteiger partial charge in [-0.25, -0.2) is 14.4 Å². The molecule has 1 aliphatic rings. The molecule has 4 rings (SSSR count). The molecule has 0 spiro atoms. The second-order valence-electron chi connectivity index (χ2n) is 6.26. The van der Waals surface area contributed by atoms with Crippen LogP contribution in [0.5, 0.6) is 6.01 Å². The summed E-state index contributed by atoms with van der Waals surface area (Å²) in [5, 5.41) is 2.21. The fourth-order valence-electron chi connectivity index (χ4n) is 2.96. The Morgan fingerprint density at radius 3 is 2.64 bits per heavy atom. The third-order valence-electron chi connectivity index (χ3n) is 4.40. The molecule has 0 saturated heterocycles. The Kier molecular flexibility index (Phi) is 3.83. The first-order valence-electron chi connectivity index (χ1n) is 8.02. The number of H-pyrrole nitrogens is 1. The Balaban J connectivity index is 1.37. The van der Waals surface area contributed by atoms with Crippen molar-refractivity contribution < 1.29 is 13.7 Å². The average molecular weight is 341 g/mol. The lowest BCUT2D eigenvalue weighted by Gasteiger charge is -2.35. The number of nitrogens with zero attached hydrogens (tertiary/aromatic N) is 2. The number of ether oxygens (including phenoxy) is 1. The van der Waals surface area contributed by atoms with Crippen LogP contribution in [-0.2, 0) is 0 Å². The molecule has 6 nitrogen and oxygen atoms in total. The highest BCUT2D eigenvalue weighted by atomic mass is 19.1. The Morgan fingerprint density at radius 2 is 2.00 bits per heavy atom. The van der Waals surface area contributed by atoms with Crippen molar-refractivity contribution in [3.8, 4) is 17.3 Å². The predicted molar refractivity (Wildman–Crippen MR) is 87.9 cm³/mol. The zero-order valence-electron chi connectivity index (χ0n) is 13.5. The van der Waals surface area contributed by atoms with Crippen LogP contribution < -0.4 is 10.3 Å². The van der Waals surface area contributed by atoms with Gasteiger partial charge >= 0.3 is 6.01 Å². The van der Waals surface area contributed by atoms with Gasteiger partial charge in [0.1, 0.15) is 11.9 Å². The largest absolute Gasteiger partial charge is 0.460 e. The van der Waals surface area contributed by atoms with Gasteiger partial charge in [-0.1, -0.05) is 12.1 Å². The normalized spacial score (nSPS) is 19.4. The van der Waals surface area contributed by atoms with E-state index in [1.54, 1.807) is 6.07 Å². The van der Waals surface area contributed by atoms with Gasteiger partial charge in [-0.05, 0) is 42.9 Å². The first-order chi connectivity index (χ1) is 12.1. The maximum absolute atomic E-state index is 14.0. The molecular weight excluding hydrogens is 325 g/mol. The zero-order chi connectivity index (χ0) is 17.4. The first-order valence-corrected chi connectivity index (χ1v) is 8.02. The lowest BCUT2D eigenvalue weighted by molar-refractivity contribution is 0.0869. The smallest absolute Gasteiger partial charge is 0.316 e. The van der Waals surface area contributed by atoms with E-state index in [1.807, 2.05) is 19.1 Å². The van der Waals surface area contributed by atoms with Crippen LogP contribution in [0.2, 0.25) is 0 Å². The van der Waals surface area contributed by atoms with E-state index in [0.717, 1.165) is 24.0 Å². The van der Waals surface area contributed by atoms with Crippen LogP contribution in [0, 0.1) is 12.7 Å². The SMILES string of the molecule is Cc1ccc(C2CC(Oc3ncc(-c4cc(=O)[nH]o4)cn3)C2)c(F)c1. The van der Waals surface area contributed by atoms with Crippen molar-refractivity contribution in [3.05, 3.63) is 64.0 Å². The highest BCUT2D eigenvalue weighted by Crippen LogP contribution is 2.39. The number of aromatic nitrogens is 3. The quantitative estimate of drug-likeness (QED) is 0.788. The van der Waals surface area contributed by atoms with Crippen molar-refractivity contribution in [2.45, 2.75) is 31.8 Å². The standard InChI is InChI=1S/C18H16FN3O3/c1-10-2-3-14(15(19)4-10)11-5-13(6-11)24-18-20-8-12(9-21-18)16-7-17(23)22-25-16/h2-4,7-9,11,13H,5-6H2,1H3,(H,22,23). The fourth-order valence-corrected chi connectivity index (χ4v) is 2.96. The number of benzene rings is 1. The fraction of sp³-hybridized carbons (Fsp3) is 0.278.